The first-order chi connectivity index (χ1) is 13.3. The number of imide groups is 1. The summed E-state index contributed by atoms with van der Waals surface area (Å²) in [7, 11) is 1.27. The first-order valence-corrected chi connectivity index (χ1v) is 9.41. The lowest BCUT2D eigenvalue weighted by molar-refractivity contribution is -0.134. The van der Waals surface area contributed by atoms with Gasteiger partial charge in [0.1, 0.15) is 12.1 Å². The summed E-state index contributed by atoms with van der Waals surface area (Å²) >= 11 is 0. The molecule has 1 fully saturated rings. The molecule has 0 aliphatic carbocycles. The number of aryl methyl sites for hydroxylation is 1. The van der Waals surface area contributed by atoms with Crippen molar-refractivity contribution in [3.63, 3.8) is 0 Å². The molecule has 1 aliphatic heterocycles. The van der Waals surface area contributed by atoms with Gasteiger partial charge in [-0.3, -0.25) is 14.5 Å². The van der Waals surface area contributed by atoms with Crippen LogP contribution in [0.2, 0.25) is 0 Å². The number of ether oxygens (including phenoxy) is 1. The van der Waals surface area contributed by atoms with Crippen LogP contribution in [0.15, 0.2) is 18.2 Å². The molecule has 0 unspecified atom stereocenters. The smallest absolute Gasteiger partial charge is 0.337 e. The number of nitrogens with zero attached hydrogens (tertiary/aromatic N) is 1. The molecule has 0 aromatic heterocycles. The molecule has 0 atom stereocenters. The monoisotopic (exact) mass is 389 g/mol. The van der Waals surface area contributed by atoms with E-state index >= 15 is 0 Å². The molecule has 8 heteroatoms. The highest BCUT2D eigenvalue weighted by Crippen LogP contribution is 2.28. The van der Waals surface area contributed by atoms with Gasteiger partial charge < -0.3 is 15.4 Å². The van der Waals surface area contributed by atoms with E-state index in [2.05, 4.69) is 15.4 Å². The average Bonchev–Trinajstić information content (AvgIpc) is 2.87. The van der Waals surface area contributed by atoms with Gasteiger partial charge >= 0.3 is 12.0 Å². The lowest BCUT2D eigenvalue weighted by Gasteiger charge is -2.25. The van der Waals surface area contributed by atoms with E-state index in [1.54, 1.807) is 19.1 Å². The van der Waals surface area contributed by atoms with Gasteiger partial charge in [0.15, 0.2) is 0 Å². The Hall–Kier alpha value is -2.90. The zero-order valence-electron chi connectivity index (χ0n) is 16.8. The van der Waals surface area contributed by atoms with Gasteiger partial charge in [0.25, 0.3) is 5.91 Å². The van der Waals surface area contributed by atoms with E-state index in [0.29, 0.717) is 24.1 Å². The number of amides is 4. The predicted molar refractivity (Wildman–Crippen MR) is 104 cm³/mol. The number of hydrogen-bond acceptors (Lipinski definition) is 5. The molecule has 1 aromatic rings. The molecule has 0 bridgehead atoms. The van der Waals surface area contributed by atoms with Crippen molar-refractivity contribution in [1.29, 1.82) is 0 Å². The fourth-order valence-corrected chi connectivity index (χ4v) is 3.47. The summed E-state index contributed by atoms with van der Waals surface area (Å²) in [5, 5.41) is 5.45. The number of methoxy groups -OCH3 is 1. The molecule has 152 valence electrons. The zero-order chi connectivity index (χ0) is 20.9. The molecule has 0 saturated carbocycles. The molecular formula is C20H27N3O5. The van der Waals surface area contributed by atoms with Gasteiger partial charge in [-0.1, -0.05) is 32.8 Å². The van der Waals surface area contributed by atoms with Gasteiger partial charge in [-0.2, -0.15) is 0 Å². The molecule has 28 heavy (non-hydrogen) atoms. The third kappa shape index (κ3) is 4.32. The van der Waals surface area contributed by atoms with Crippen molar-refractivity contribution in [2.24, 2.45) is 0 Å². The Morgan fingerprint density at radius 3 is 2.39 bits per heavy atom. The van der Waals surface area contributed by atoms with Crippen molar-refractivity contribution in [3.8, 4) is 0 Å². The van der Waals surface area contributed by atoms with Crippen LogP contribution >= 0.6 is 0 Å². The molecule has 1 aliphatic rings. The summed E-state index contributed by atoms with van der Waals surface area (Å²) in [4.78, 5) is 50.3. The Labute approximate surface area is 164 Å². The summed E-state index contributed by atoms with van der Waals surface area (Å²) in [5.74, 6) is -1.40. The second-order valence-corrected chi connectivity index (χ2v) is 6.97. The van der Waals surface area contributed by atoms with Gasteiger partial charge in [-0.15, -0.1) is 0 Å². The number of carbonyl (C=O) groups is 4. The van der Waals surface area contributed by atoms with Crippen molar-refractivity contribution >= 4 is 29.5 Å². The van der Waals surface area contributed by atoms with Gasteiger partial charge in [0.2, 0.25) is 5.91 Å². The van der Waals surface area contributed by atoms with E-state index in [0.717, 1.165) is 23.3 Å². The van der Waals surface area contributed by atoms with Crippen LogP contribution in [-0.2, 0) is 14.3 Å². The van der Waals surface area contributed by atoms with E-state index in [1.807, 2.05) is 13.8 Å². The number of nitrogens with one attached hydrogen (secondary N) is 2. The maximum Gasteiger partial charge on any atom is 0.337 e. The maximum absolute atomic E-state index is 12.9. The van der Waals surface area contributed by atoms with Crippen LogP contribution in [0.3, 0.4) is 0 Å². The standard InChI is InChI=1S/C20H27N3O5/c1-5-9-20(10-6-2)18(26)23(19(27)22-20)12-16(24)21-15-11-14(17(25)28-4)8-7-13(15)3/h7-8,11H,5-6,9-10,12H2,1-4H3,(H,21,24)(H,22,27). The molecular weight excluding hydrogens is 362 g/mol. The Morgan fingerprint density at radius 1 is 1.18 bits per heavy atom. The number of urea groups is 1. The van der Waals surface area contributed by atoms with Crippen molar-refractivity contribution < 1.29 is 23.9 Å². The average molecular weight is 389 g/mol. The number of carbonyl (C=O) groups excluding carboxylic acids is 4. The minimum atomic E-state index is -0.929. The van der Waals surface area contributed by atoms with Crippen LogP contribution in [0, 0.1) is 6.92 Å². The number of hydrogen-bond donors (Lipinski definition) is 2. The van der Waals surface area contributed by atoms with Crippen LogP contribution in [-0.4, -0.2) is 47.9 Å². The minimum Gasteiger partial charge on any atom is -0.465 e. The molecule has 2 N–H and O–H groups in total. The summed E-state index contributed by atoms with van der Waals surface area (Å²) in [6, 6.07) is 4.23. The number of benzene rings is 1. The minimum absolute atomic E-state index is 0.295. The van der Waals surface area contributed by atoms with Crippen LogP contribution < -0.4 is 10.6 Å². The number of esters is 1. The highest BCUT2D eigenvalue weighted by Gasteiger charge is 2.50. The van der Waals surface area contributed by atoms with Crippen molar-refractivity contribution in [2.75, 3.05) is 19.0 Å². The Morgan fingerprint density at radius 2 is 1.82 bits per heavy atom. The molecule has 1 saturated heterocycles. The molecule has 0 spiro atoms. The van der Waals surface area contributed by atoms with Crippen LogP contribution in [0.1, 0.15) is 55.5 Å². The van der Waals surface area contributed by atoms with E-state index < -0.39 is 23.4 Å². The van der Waals surface area contributed by atoms with Crippen molar-refractivity contribution in [1.82, 2.24) is 10.2 Å². The largest absolute Gasteiger partial charge is 0.465 e. The fourth-order valence-electron chi connectivity index (χ4n) is 3.47. The number of anilines is 1. The molecule has 1 heterocycles. The fraction of sp³-hybridized carbons (Fsp3) is 0.500. The van der Waals surface area contributed by atoms with E-state index in [-0.39, 0.29) is 12.5 Å². The zero-order valence-corrected chi connectivity index (χ0v) is 16.8. The first kappa shape index (κ1) is 21.4. The number of rotatable bonds is 8. The third-order valence-electron chi connectivity index (χ3n) is 4.83. The molecule has 2 rings (SSSR count). The topological polar surface area (TPSA) is 105 Å². The highest BCUT2D eigenvalue weighted by molar-refractivity contribution is 6.10. The summed E-state index contributed by atoms with van der Waals surface area (Å²) in [6.07, 6.45) is 2.55. The van der Waals surface area contributed by atoms with Crippen LogP contribution in [0.25, 0.3) is 0 Å². The van der Waals surface area contributed by atoms with E-state index in [1.165, 1.54) is 13.2 Å². The molecule has 4 amide bonds. The third-order valence-corrected chi connectivity index (χ3v) is 4.83. The molecule has 1 aromatic carbocycles. The van der Waals surface area contributed by atoms with Crippen molar-refractivity contribution in [2.45, 2.75) is 52.0 Å². The second kappa shape index (κ2) is 8.86. The lowest BCUT2D eigenvalue weighted by Crippen LogP contribution is -2.47. The Balaban J connectivity index is 2.14. The van der Waals surface area contributed by atoms with Gasteiger partial charge in [0, 0.05) is 5.69 Å². The maximum atomic E-state index is 12.9. The lowest BCUT2D eigenvalue weighted by atomic mass is 9.88. The summed E-state index contributed by atoms with van der Waals surface area (Å²) in [6.45, 7) is 5.28. The molecule has 0 radical (unpaired) electrons. The normalized spacial score (nSPS) is 15.4. The SMILES string of the molecule is CCCC1(CCC)NC(=O)N(CC(=O)Nc2cc(C(=O)OC)ccc2C)C1=O. The predicted octanol–water partition coefficient (Wildman–Crippen LogP) is 2.61. The van der Waals surface area contributed by atoms with Crippen LogP contribution in [0.5, 0.6) is 0 Å². The van der Waals surface area contributed by atoms with E-state index in [9.17, 15) is 19.2 Å². The van der Waals surface area contributed by atoms with Gasteiger partial charge in [-0.25, -0.2) is 9.59 Å². The highest BCUT2D eigenvalue weighted by atomic mass is 16.5. The van der Waals surface area contributed by atoms with Gasteiger partial charge in [0.05, 0.1) is 12.7 Å². The Bertz CT molecular complexity index is 784. The molecule has 8 nitrogen and oxygen atoms in total. The second-order valence-electron chi connectivity index (χ2n) is 6.97. The summed E-state index contributed by atoms with van der Waals surface area (Å²) in [5.41, 5.74) is 0.530. The van der Waals surface area contributed by atoms with Gasteiger partial charge in [-0.05, 0) is 37.5 Å². The summed E-state index contributed by atoms with van der Waals surface area (Å²) < 4.78 is 4.68. The Kier molecular flexibility index (Phi) is 6.77. The quantitative estimate of drug-likeness (QED) is 0.525. The first-order valence-electron chi connectivity index (χ1n) is 9.41. The van der Waals surface area contributed by atoms with Crippen molar-refractivity contribution in [3.05, 3.63) is 29.3 Å². The van der Waals surface area contributed by atoms with Crippen LogP contribution in [0.4, 0.5) is 10.5 Å². The van der Waals surface area contributed by atoms with E-state index in [4.69, 9.17) is 0 Å².